The molecule has 8 heteroatoms. The second-order valence-corrected chi connectivity index (χ2v) is 6.35. The van der Waals surface area contributed by atoms with Crippen LogP contribution in [0.25, 0.3) is 5.82 Å². The summed E-state index contributed by atoms with van der Waals surface area (Å²) in [6.45, 7) is 4.52. The largest absolute Gasteiger partial charge is 0.337 e. The van der Waals surface area contributed by atoms with E-state index in [1.807, 2.05) is 31.4 Å². The monoisotopic (exact) mass is 342 g/mol. The number of aryl methyl sites for hydroxylation is 1. The van der Waals surface area contributed by atoms with E-state index in [1.165, 1.54) is 0 Å². The third-order valence-electron chi connectivity index (χ3n) is 3.44. The molecule has 2 amide bonds. The van der Waals surface area contributed by atoms with Crippen molar-refractivity contribution in [2.24, 2.45) is 0 Å². The first kappa shape index (κ1) is 16.1. The van der Waals surface area contributed by atoms with Gasteiger partial charge in [-0.05, 0) is 24.6 Å². The second kappa shape index (κ2) is 7.22. The fraction of sp³-hybridized carbons (Fsp3) is 0.250. The maximum atomic E-state index is 12.1. The van der Waals surface area contributed by atoms with E-state index < -0.39 is 0 Å². The van der Waals surface area contributed by atoms with Gasteiger partial charge in [0.05, 0.1) is 11.2 Å². The lowest BCUT2D eigenvalue weighted by molar-refractivity contribution is 0.251. The highest BCUT2D eigenvalue weighted by Gasteiger charge is 2.12. The Bertz CT molecular complexity index is 814. The maximum Gasteiger partial charge on any atom is 0.320 e. The van der Waals surface area contributed by atoms with Gasteiger partial charge in [-0.25, -0.2) is 14.8 Å². The number of rotatable bonds is 5. The third-order valence-corrected chi connectivity index (χ3v) is 4.45. The molecule has 0 bridgehead atoms. The fourth-order valence-corrected chi connectivity index (χ4v) is 2.89. The minimum atomic E-state index is -0.284. The summed E-state index contributed by atoms with van der Waals surface area (Å²) >= 11 is 1.58. The number of carbonyl (C=O) groups excluding carboxylic acids is 1. The normalized spacial score (nSPS) is 11.9. The van der Waals surface area contributed by atoms with Crippen LogP contribution in [0.15, 0.2) is 42.2 Å². The molecule has 124 valence electrons. The Morgan fingerprint density at radius 3 is 2.92 bits per heavy atom. The minimum Gasteiger partial charge on any atom is -0.337 e. The zero-order valence-electron chi connectivity index (χ0n) is 13.4. The van der Waals surface area contributed by atoms with Crippen LogP contribution >= 0.6 is 11.3 Å². The average Bonchev–Trinajstić information content (AvgIpc) is 3.24. The number of thiazole rings is 1. The summed E-state index contributed by atoms with van der Waals surface area (Å²) in [6, 6.07) is 5.26. The van der Waals surface area contributed by atoms with Gasteiger partial charge in [0.2, 0.25) is 0 Å². The number of amides is 2. The smallest absolute Gasteiger partial charge is 0.320 e. The van der Waals surface area contributed by atoms with Crippen molar-refractivity contribution in [2.75, 3.05) is 11.9 Å². The van der Waals surface area contributed by atoms with Crippen LogP contribution in [0.3, 0.4) is 0 Å². The van der Waals surface area contributed by atoms with Gasteiger partial charge in [-0.3, -0.25) is 5.32 Å². The summed E-state index contributed by atoms with van der Waals surface area (Å²) in [5.41, 5.74) is 1.07. The lowest BCUT2D eigenvalue weighted by Gasteiger charge is -2.12. The van der Waals surface area contributed by atoms with E-state index in [0.29, 0.717) is 18.2 Å². The molecule has 0 aliphatic carbocycles. The molecular weight excluding hydrogens is 324 g/mol. The van der Waals surface area contributed by atoms with E-state index in [9.17, 15) is 4.79 Å². The van der Waals surface area contributed by atoms with Crippen LogP contribution < -0.4 is 10.6 Å². The van der Waals surface area contributed by atoms with Crippen LogP contribution in [0.5, 0.6) is 0 Å². The van der Waals surface area contributed by atoms with Crippen molar-refractivity contribution < 1.29 is 4.79 Å². The molecule has 3 rings (SSSR count). The van der Waals surface area contributed by atoms with Crippen molar-refractivity contribution in [3.8, 4) is 5.82 Å². The van der Waals surface area contributed by atoms with Crippen molar-refractivity contribution in [1.29, 1.82) is 0 Å². The Kier molecular flexibility index (Phi) is 4.85. The van der Waals surface area contributed by atoms with E-state index in [-0.39, 0.29) is 11.9 Å². The molecule has 0 aliphatic rings. The van der Waals surface area contributed by atoms with Gasteiger partial charge in [0, 0.05) is 36.3 Å². The van der Waals surface area contributed by atoms with Gasteiger partial charge in [-0.2, -0.15) is 9.78 Å². The lowest BCUT2D eigenvalue weighted by Crippen LogP contribution is -2.32. The van der Waals surface area contributed by atoms with E-state index >= 15 is 0 Å². The highest BCUT2D eigenvalue weighted by atomic mass is 32.1. The predicted molar refractivity (Wildman–Crippen MR) is 93.6 cm³/mol. The summed E-state index contributed by atoms with van der Waals surface area (Å²) in [5.74, 6) is 1.39. The van der Waals surface area contributed by atoms with Gasteiger partial charge in [-0.15, -0.1) is 11.3 Å². The number of carbonyl (C=O) groups is 1. The van der Waals surface area contributed by atoms with Crippen LogP contribution in [-0.4, -0.2) is 32.3 Å². The SMILES string of the molecule is Cc1ccnc(-n2nccc2NC(=O)NC[C@@H](C)c2nccs2)c1. The molecule has 7 nitrogen and oxygen atoms in total. The molecule has 3 heterocycles. The topological polar surface area (TPSA) is 84.7 Å². The van der Waals surface area contributed by atoms with Gasteiger partial charge >= 0.3 is 6.03 Å². The average molecular weight is 342 g/mol. The first-order valence-corrected chi connectivity index (χ1v) is 8.43. The van der Waals surface area contributed by atoms with Gasteiger partial charge in [-0.1, -0.05) is 6.92 Å². The lowest BCUT2D eigenvalue weighted by atomic mass is 10.2. The molecule has 0 aromatic carbocycles. The van der Waals surface area contributed by atoms with Crippen molar-refractivity contribution in [2.45, 2.75) is 19.8 Å². The zero-order valence-corrected chi connectivity index (χ0v) is 14.2. The first-order chi connectivity index (χ1) is 11.6. The molecule has 0 fully saturated rings. The molecule has 0 saturated carbocycles. The number of urea groups is 1. The Hall–Kier alpha value is -2.74. The number of hydrogen-bond acceptors (Lipinski definition) is 5. The van der Waals surface area contributed by atoms with E-state index in [2.05, 4.69) is 25.7 Å². The molecule has 2 N–H and O–H groups in total. The Morgan fingerprint density at radius 2 is 2.17 bits per heavy atom. The molecule has 0 aliphatic heterocycles. The molecule has 0 spiro atoms. The van der Waals surface area contributed by atoms with Crippen LogP contribution in [0.1, 0.15) is 23.4 Å². The number of aromatic nitrogens is 4. The Labute approximate surface area is 143 Å². The molecule has 3 aromatic rings. The molecule has 1 atom stereocenters. The minimum absolute atomic E-state index is 0.166. The van der Waals surface area contributed by atoms with Gasteiger partial charge < -0.3 is 5.32 Å². The number of nitrogens with one attached hydrogen (secondary N) is 2. The molecule has 0 unspecified atom stereocenters. The van der Waals surface area contributed by atoms with Crippen molar-refractivity contribution >= 4 is 23.2 Å². The van der Waals surface area contributed by atoms with Crippen molar-refractivity contribution in [3.63, 3.8) is 0 Å². The summed E-state index contributed by atoms with van der Waals surface area (Å²) in [6.07, 6.45) is 5.10. The molecule has 0 saturated heterocycles. The summed E-state index contributed by atoms with van der Waals surface area (Å²) in [7, 11) is 0. The number of hydrogen-bond donors (Lipinski definition) is 2. The first-order valence-electron chi connectivity index (χ1n) is 7.55. The van der Waals surface area contributed by atoms with E-state index in [4.69, 9.17) is 0 Å². The predicted octanol–water partition coefficient (Wildman–Crippen LogP) is 2.96. The Balaban J connectivity index is 1.62. The Morgan fingerprint density at radius 1 is 1.29 bits per heavy atom. The van der Waals surface area contributed by atoms with Gasteiger partial charge in [0.15, 0.2) is 5.82 Å². The molecule has 24 heavy (non-hydrogen) atoms. The zero-order chi connectivity index (χ0) is 16.9. The van der Waals surface area contributed by atoms with E-state index in [0.717, 1.165) is 10.6 Å². The maximum absolute atomic E-state index is 12.1. The highest BCUT2D eigenvalue weighted by molar-refractivity contribution is 7.09. The number of nitrogens with zero attached hydrogens (tertiary/aromatic N) is 4. The van der Waals surface area contributed by atoms with Crippen molar-refractivity contribution in [3.05, 3.63) is 52.7 Å². The fourth-order valence-electron chi connectivity index (χ4n) is 2.19. The summed E-state index contributed by atoms with van der Waals surface area (Å²) in [5, 5.41) is 12.8. The van der Waals surface area contributed by atoms with E-state index in [1.54, 1.807) is 40.7 Å². The second-order valence-electron chi connectivity index (χ2n) is 5.43. The van der Waals surface area contributed by atoms with Crippen LogP contribution in [0, 0.1) is 6.92 Å². The van der Waals surface area contributed by atoms with Gasteiger partial charge in [0.1, 0.15) is 5.82 Å². The van der Waals surface area contributed by atoms with Crippen LogP contribution in [0.2, 0.25) is 0 Å². The van der Waals surface area contributed by atoms with Crippen LogP contribution in [-0.2, 0) is 0 Å². The van der Waals surface area contributed by atoms with Gasteiger partial charge in [0.25, 0.3) is 0 Å². The number of pyridine rings is 1. The summed E-state index contributed by atoms with van der Waals surface area (Å²) in [4.78, 5) is 20.7. The number of anilines is 1. The highest BCUT2D eigenvalue weighted by Crippen LogP contribution is 2.17. The standard InChI is InChI=1S/C16H18N6OS/c1-11-3-5-17-14(9-11)22-13(4-6-20-22)21-16(23)19-10-12(2)15-18-7-8-24-15/h3-9,12H,10H2,1-2H3,(H2,19,21,23)/t12-/m1/s1. The van der Waals surface area contributed by atoms with Crippen LogP contribution in [0.4, 0.5) is 10.6 Å². The summed E-state index contributed by atoms with van der Waals surface area (Å²) < 4.78 is 1.59. The molecular formula is C16H18N6OS. The molecule has 0 radical (unpaired) electrons. The molecule has 3 aromatic heterocycles. The quantitative estimate of drug-likeness (QED) is 0.746. The van der Waals surface area contributed by atoms with Crippen molar-refractivity contribution in [1.82, 2.24) is 25.1 Å². The third kappa shape index (κ3) is 3.77.